The smallest absolute Gasteiger partial charge is 0.252 e. The summed E-state index contributed by atoms with van der Waals surface area (Å²) >= 11 is 0. The van der Waals surface area contributed by atoms with E-state index in [4.69, 9.17) is 0 Å². The Hall–Kier alpha value is -2.91. The molecule has 1 aliphatic rings. The van der Waals surface area contributed by atoms with Gasteiger partial charge < -0.3 is 5.32 Å². The number of likely N-dealkylation sites (tertiary alicyclic amines) is 1. The van der Waals surface area contributed by atoms with E-state index in [1.54, 1.807) is 0 Å². The van der Waals surface area contributed by atoms with Gasteiger partial charge in [-0.25, -0.2) is 0 Å². The van der Waals surface area contributed by atoms with Gasteiger partial charge in [-0.05, 0) is 67.2 Å². The molecular formula is C27H30N2O. The molecule has 4 rings (SSSR count). The highest BCUT2D eigenvalue weighted by atomic mass is 16.1. The fourth-order valence-corrected chi connectivity index (χ4v) is 4.25. The number of hydrogen-bond donors (Lipinski definition) is 1. The average Bonchev–Trinajstić information content (AvgIpc) is 2.80. The van der Waals surface area contributed by atoms with Gasteiger partial charge in [0, 0.05) is 12.1 Å². The number of carbonyl (C=O) groups is 1. The van der Waals surface area contributed by atoms with E-state index in [0.717, 1.165) is 17.7 Å². The number of carbonyl (C=O) groups excluding carboxylic acids is 1. The predicted octanol–water partition coefficient (Wildman–Crippen LogP) is 5.50. The molecule has 1 amide bonds. The van der Waals surface area contributed by atoms with E-state index in [0.29, 0.717) is 5.56 Å². The van der Waals surface area contributed by atoms with Crippen molar-refractivity contribution in [2.75, 3.05) is 13.1 Å². The van der Waals surface area contributed by atoms with Crippen LogP contribution >= 0.6 is 0 Å². The molecule has 1 N–H and O–H groups in total. The van der Waals surface area contributed by atoms with Gasteiger partial charge in [0.05, 0.1) is 6.04 Å². The number of rotatable bonds is 6. The fourth-order valence-electron chi connectivity index (χ4n) is 4.25. The van der Waals surface area contributed by atoms with Crippen molar-refractivity contribution in [3.8, 4) is 0 Å². The van der Waals surface area contributed by atoms with Crippen LogP contribution in [0.15, 0.2) is 78.9 Å². The lowest BCUT2D eigenvalue weighted by atomic mass is 9.94. The molecule has 3 nitrogen and oxygen atoms in total. The van der Waals surface area contributed by atoms with Gasteiger partial charge in [0.1, 0.15) is 0 Å². The molecule has 1 atom stereocenters. The Balaban J connectivity index is 1.50. The van der Waals surface area contributed by atoms with Crippen LogP contribution < -0.4 is 5.32 Å². The van der Waals surface area contributed by atoms with Gasteiger partial charge in [-0.3, -0.25) is 9.69 Å². The molecule has 1 fully saturated rings. The van der Waals surface area contributed by atoms with Crippen molar-refractivity contribution in [2.45, 2.75) is 38.8 Å². The summed E-state index contributed by atoms with van der Waals surface area (Å²) in [5.41, 5.74) is 5.35. The van der Waals surface area contributed by atoms with Gasteiger partial charge in [0.15, 0.2) is 0 Å². The molecule has 1 heterocycles. The van der Waals surface area contributed by atoms with Crippen LogP contribution in [0.2, 0.25) is 0 Å². The number of aryl methyl sites for hydroxylation is 1. The van der Waals surface area contributed by atoms with Gasteiger partial charge in [0.25, 0.3) is 5.91 Å². The van der Waals surface area contributed by atoms with Crippen LogP contribution in [0.1, 0.15) is 57.9 Å². The van der Waals surface area contributed by atoms with Gasteiger partial charge in [-0.15, -0.1) is 0 Å². The Morgan fingerprint density at radius 2 is 1.53 bits per heavy atom. The third kappa shape index (κ3) is 4.98. The quantitative estimate of drug-likeness (QED) is 0.595. The molecule has 3 heteroatoms. The Morgan fingerprint density at radius 3 is 2.23 bits per heavy atom. The molecule has 0 spiro atoms. The molecule has 1 aliphatic heterocycles. The zero-order valence-corrected chi connectivity index (χ0v) is 17.7. The molecule has 3 aromatic rings. The third-order valence-electron chi connectivity index (χ3n) is 5.98. The molecule has 0 aromatic heterocycles. The molecular weight excluding hydrogens is 368 g/mol. The topological polar surface area (TPSA) is 32.3 Å². The zero-order valence-electron chi connectivity index (χ0n) is 17.7. The molecule has 154 valence electrons. The van der Waals surface area contributed by atoms with Crippen molar-refractivity contribution in [2.24, 2.45) is 0 Å². The maximum atomic E-state index is 13.1. The summed E-state index contributed by atoms with van der Waals surface area (Å²) in [4.78, 5) is 15.6. The Kier molecular flexibility index (Phi) is 6.60. The second-order valence-corrected chi connectivity index (χ2v) is 8.21. The minimum Gasteiger partial charge on any atom is -0.341 e. The summed E-state index contributed by atoms with van der Waals surface area (Å²) in [7, 11) is 0. The number of nitrogens with one attached hydrogen (secondary N) is 1. The standard InChI is InChI=1S/C27H30N2O/c1-21-10-6-7-13-25(21)26(23-11-4-2-5-12-23)28-27(30)24-16-14-22(15-17-24)20-29-18-8-3-9-19-29/h2,4-7,10-17,26H,3,8-9,18-20H2,1H3,(H,28,30)/t26-/m1/s1. The molecule has 30 heavy (non-hydrogen) atoms. The summed E-state index contributed by atoms with van der Waals surface area (Å²) in [6.45, 7) is 5.42. The monoisotopic (exact) mass is 398 g/mol. The Bertz CT molecular complexity index is 960. The second kappa shape index (κ2) is 9.73. The number of piperidine rings is 1. The normalized spacial score (nSPS) is 15.5. The molecule has 0 aliphatic carbocycles. The van der Waals surface area contributed by atoms with Crippen LogP contribution in [0.4, 0.5) is 0 Å². The van der Waals surface area contributed by atoms with Crippen molar-refractivity contribution >= 4 is 5.91 Å². The Morgan fingerprint density at radius 1 is 0.867 bits per heavy atom. The maximum Gasteiger partial charge on any atom is 0.252 e. The maximum absolute atomic E-state index is 13.1. The molecule has 1 saturated heterocycles. The first-order valence-corrected chi connectivity index (χ1v) is 10.9. The van der Waals surface area contributed by atoms with Crippen LogP contribution in [0.25, 0.3) is 0 Å². The molecule has 0 radical (unpaired) electrons. The van der Waals surface area contributed by atoms with E-state index in [1.807, 2.05) is 42.5 Å². The largest absolute Gasteiger partial charge is 0.341 e. The van der Waals surface area contributed by atoms with E-state index in [1.165, 1.54) is 43.5 Å². The molecule has 0 saturated carbocycles. The minimum atomic E-state index is -0.173. The lowest BCUT2D eigenvalue weighted by molar-refractivity contribution is 0.0943. The predicted molar refractivity (Wildman–Crippen MR) is 123 cm³/mol. The first kappa shape index (κ1) is 20.4. The summed E-state index contributed by atoms with van der Waals surface area (Å²) in [6, 6.07) is 26.3. The molecule has 3 aromatic carbocycles. The highest BCUT2D eigenvalue weighted by Gasteiger charge is 2.19. The molecule has 0 unspecified atom stereocenters. The number of hydrogen-bond acceptors (Lipinski definition) is 2. The van der Waals surface area contributed by atoms with Gasteiger partial charge in [-0.2, -0.15) is 0 Å². The number of nitrogens with zero attached hydrogens (tertiary/aromatic N) is 1. The van der Waals surface area contributed by atoms with Gasteiger partial charge >= 0.3 is 0 Å². The average molecular weight is 399 g/mol. The van der Waals surface area contributed by atoms with Crippen LogP contribution in [-0.4, -0.2) is 23.9 Å². The number of amides is 1. The van der Waals surface area contributed by atoms with Gasteiger partial charge in [-0.1, -0.05) is 73.2 Å². The second-order valence-electron chi connectivity index (χ2n) is 8.21. The van der Waals surface area contributed by atoms with Crippen molar-refractivity contribution in [3.63, 3.8) is 0 Å². The van der Waals surface area contributed by atoms with Crippen LogP contribution in [-0.2, 0) is 6.54 Å². The minimum absolute atomic E-state index is 0.0448. The van der Waals surface area contributed by atoms with Crippen molar-refractivity contribution in [1.29, 1.82) is 0 Å². The van der Waals surface area contributed by atoms with Crippen molar-refractivity contribution in [1.82, 2.24) is 10.2 Å². The lowest BCUT2D eigenvalue weighted by Crippen LogP contribution is -2.30. The number of benzene rings is 3. The first-order chi connectivity index (χ1) is 14.7. The van der Waals surface area contributed by atoms with E-state index >= 15 is 0 Å². The van der Waals surface area contributed by atoms with E-state index < -0.39 is 0 Å². The summed E-state index contributed by atoms with van der Waals surface area (Å²) in [6.07, 6.45) is 3.93. The van der Waals surface area contributed by atoms with E-state index in [2.05, 4.69) is 53.5 Å². The van der Waals surface area contributed by atoms with Crippen LogP contribution in [0, 0.1) is 6.92 Å². The summed E-state index contributed by atoms with van der Waals surface area (Å²) in [5, 5.41) is 3.26. The van der Waals surface area contributed by atoms with Crippen LogP contribution in [0.5, 0.6) is 0 Å². The highest BCUT2D eigenvalue weighted by Crippen LogP contribution is 2.25. The summed E-state index contributed by atoms with van der Waals surface area (Å²) < 4.78 is 0. The summed E-state index contributed by atoms with van der Waals surface area (Å²) in [5.74, 6) is -0.0448. The Labute approximate surface area is 179 Å². The first-order valence-electron chi connectivity index (χ1n) is 10.9. The SMILES string of the molecule is Cc1ccccc1[C@H](NC(=O)c1ccc(CN2CCCCC2)cc1)c1ccccc1. The highest BCUT2D eigenvalue weighted by molar-refractivity contribution is 5.94. The van der Waals surface area contributed by atoms with E-state index in [-0.39, 0.29) is 11.9 Å². The van der Waals surface area contributed by atoms with Crippen molar-refractivity contribution in [3.05, 3.63) is 107 Å². The van der Waals surface area contributed by atoms with Crippen molar-refractivity contribution < 1.29 is 4.79 Å². The van der Waals surface area contributed by atoms with Gasteiger partial charge in [0.2, 0.25) is 0 Å². The molecule has 0 bridgehead atoms. The fraction of sp³-hybridized carbons (Fsp3) is 0.296. The lowest BCUT2D eigenvalue weighted by Gasteiger charge is -2.26. The van der Waals surface area contributed by atoms with Crippen LogP contribution in [0.3, 0.4) is 0 Å². The zero-order chi connectivity index (χ0) is 20.8. The van der Waals surface area contributed by atoms with E-state index in [9.17, 15) is 4.79 Å². The third-order valence-corrected chi connectivity index (χ3v) is 5.98.